The lowest BCUT2D eigenvalue weighted by atomic mass is 10.1. The Kier molecular flexibility index (Phi) is 6.15. The molecular weight excluding hydrogens is 366 g/mol. The lowest BCUT2D eigenvalue weighted by Crippen LogP contribution is -2.34. The molecule has 0 aliphatic rings. The van der Waals surface area contributed by atoms with Crippen molar-refractivity contribution < 1.29 is 23.1 Å². The van der Waals surface area contributed by atoms with Crippen molar-refractivity contribution in [2.24, 2.45) is 5.92 Å². The minimum Gasteiger partial charge on any atom is -0.507 e. The number of ether oxygens (including phenoxy) is 1. The van der Waals surface area contributed by atoms with Gasteiger partial charge in [-0.15, -0.1) is 0 Å². The van der Waals surface area contributed by atoms with Crippen LogP contribution in [0.25, 0.3) is 0 Å². The fourth-order valence-corrected chi connectivity index (χ4v) is 4.48. The summed E-state index contributed by atoms with van der Waals surface area (Å²) in [6.45, 7) is 7.96. The molecule has 0 amide bonds. The van der Waals surface area contributed by atoms with Crippen LogP contribution in [0.5, 0.6) is 5.75 Å². The van der Waals surface area contributed by atoms with E-state index in [1.165, 1.54) is 23.5 Å². The van der Waals surface area contributed by atoms with Crippen molar-refractivity contribution in [2.75, 3.05) is 18.0 Å². The third-order valence-corrected chi connectivity index (χ3v) is 5.78. The van der Waals surface area contributed by atoms with Crippen LogP contribution in [-0.4, -0.2) is 33.1 Å². The lowest BCUT2D eigenvalue weighted by molar-refractivity contribution is 0.0597. The number of phenols is 1. The number of carbonyl (C=O) groups excluding carboxylic acids is 1. The summed E-state index contributed by atoms with van der Waals surface area (Å²) in [6.07, 6.45) is 0. The Morgan fingerprint density at radius 1 is 1.11 bits per heavy atom. The molecule has 0 unspecified atom stereocenters. The van der Waals surface area contributed by atoms with E-state index in [1.807, 2.05) is 45.9 Å². The highest BCUT2D eigenvalue weighted by Gasteiger charge is 2.28. The number of phenolic OH excluding ortho intramolecular Hbond substituents is 1. The Morgan fingerprint density at radius 2 is 1.70 bits per heavy atom. The summed E-state index contributed by atoms with van der Waals surface area (Å²) in [5.41, 5.74) is 2.28. The molecule has 2 aromatic rings. The average Bonchev–Trinajstić information content (AvgIpc) is 2.58. The molecule has 0 aliphatic carbocycles. The molecular formula is C20H25NO5S. The highest BCUT2D eigenvalue weighted by molar-refractivity contribution is 7.92. The van der Waals surface area contributed by atoms with Crippen LogP contribution in [0.1, 0.15) is 35.3 Å². The number of esters is 1. The van der Waals surface area contributed by atoms with Gasteiger partial charge in [0.15, 0.2) is 0 Å². The molecule has 146 valence electrons. The summed E-state index contributed by atoms with van der Waals surface area (Å²) in [4.78, 5) is 11.7. The fourth-order valence-electron chi connectivity index (χ4n) is 2.84. The van der Waals surface area contributed by atoms with Gasteiger partial charge in [0.25, 0.3) is 10.0 Å². The quantitative estimate of drug-likeness (QED) is 0.760. The van der Waals surface area contributed by atoms with E-state index in [2.05, 4.69) is 4.74 Å². The van der Waals surface area contributed by atoms with Crippen molar-refractivity contribution in [1.29, 1.82) is 0 Å². The van der Waals surface area contributed by atoms with Gasteiger partial charge in [0.1, 0.15) is 11.3 Å². The van der Waals surface area contributed by atoms with Gasteiger partial charge in [-0.3, -0.25) is 4.31 Å². The fraction of sp³-hybridized carbons (Fsp3) is 0.350. The highest BCUT2D eigenvalue weighted by Crippen LogP contribution is 2.29. The van der Waals surface area contributed by atoms with Crippen molar-refractivity contribution in [2.45, 2.75) is 32.6 Å². The van der Waals surface area contributed by atoms with Crippen molar-refractivity contribution in [1.82, 2.24) is 0 Å². The molecule has 1 N–H and O–H groups in total. The maximum absolute atomic E-state index is 13.4. The molecule has 27 heavy (non-hydrogen) atoms. The number of aromatic hydroxyl groups is 1. The van der Waals surface area contributed by atoms with Crippen molar-refractivity contribution in [3.63, 3.8) is 0 Å². The maximum atomic E-state index is 13.4. The Morgan fingerprint density at radius 3 is 2.22 bits per heavy atom. The van der Waals surface area contributed by atoms with Crippen LogP contribution in [-0.2, 0) is 14.8 Å². The van der Waals surface area contributed by atoms with Crippen molar-refractivity contribution >= 4 is 21.7 Å². The van der Waals surface area contributed by atoms with Gasteiger partial charge in [-0.05, 0) is 61.2 Å². The summed E-state index contributed by atoms with van der Waals surface area (Å²) >= 11 is 0. The second kappa shape index (κ2) is 8.00. The number of methoxy groups -OCH3 is 1. The first-order valence-corrected chi connectivity index (χ1v) is 10.0. The molecule has 6 nitrogen and oxygen atoms in total. The number of sulfonamides is 1. The van der Waals surface area contributed by atoms with E-state index in [-0.39, 0.29) is 28.7 Å². The van der Waals surface area contributed by atoms with E-state index >= 15 is 0 Å². The number of aryl methyl sites for hydroxylation is 2. The minimum atomic E-state index is -3.95. The summed E-state index contributed by atoms with van der Waals surface area (Å²) in [5, 5.41) is 9.87. The normalized spacial score (nSPS) is 11.5. The Bertz CT molecular complexity index is 931. The molecule has 0 aliphatic heterocycles. The van der Waals surface area contributed by atoms with Crippen LogP contribution in [0, 0.1) is 19.8 Å². The molecule has 0 radical (unpaired) electrons. The molecule has 0 atom stereocenters. The van der Waals surface area contributed by atoms with E-state index in [1.54, 1.807) is 0 Å². The first-order chi connectivity index (χ1) is 12.6. The van der Waals surface area contributed by atoms with E-state index in [0.717, 1.165) is 17.2 Å². The maximum Gasteiger partial charge on any atom is 0.341 e. The first kappa shape index (κ1) is 20.8. The summed E-state index contributed by atoms with van der Waals surface area (Å²) in [5.74, 6) is -1.05. The molecule has 7 heteroatoms. The molecule has 0 fully saturated rings. The predicted octanol–water partition coefficient (Wildman–Crippen LogP) is 3.65. The number of nitrogens with zero attached hydrogens (tertiary/aromatic N) is 1. The summed E-state index contributed by atoms with van der Waals surface area (Å²) < 4.78 is 32.7. The molecule has 0 saturated heterocycles. The van der Waals surface area contributed by atoms with Crippen LogP contribution in [0.2, 0.25) is 0 Å². The van der Waals surface area contributed by atoms with E-state index in [0.29, 0.717) is 5.69 Å². The summed E-state index contributed by atoms with van der Waals surface area (Å²) in [7, 11) is -2.78. The molecule has 0 aromatic heterocycles. The Labute approximate surface area is 160 Å². The van der Waals surface area contributed by atoms with Crippen LogP contribution >= 0.6 is 0 Å². The van der Waals surface area contributed by atoms with Gasteiger partial charge >= 0.3 is 5.97 Å². The molecule has 0 bridgehead atoms. The van der Waals surface area contributed by atoms with Crippen LogP contribution in [0.15, 0.2) is 41.3 Å². The molecule has 2 aromatic carbocycles. The molecule has 0 saturated carbocycles. The lowest BCUT2D eigenvalue weighted by Gasteiger charge is -2.27. The predicted molar refractivity (Wildman–Crippen MR) is 105 cm³/mol. The second-order valence-corrected chi connectivity index (χ2v) is 8.81. The van der Waals surface area contributed by atoms with Gasteiger partial charge in [-0.1, -0.05) is 19.9 Å². The van der Waals surface area contributed by atoms with Gasteiger partial charge in [0.2, 0.25) is 0 Å². The zero-order valence-electron chi connectivity index (χ0n) is 16.2. The zero-order valence-corrected chi connectivity index (χ0v) is 17.0. The number of rotatable bonds is 6. The molecule has 2 rings (SSSR count). The van der Waals surface area contributed by atoms with E-state index < -0.39 is 16.0 Å². The van der Waals surface area contributed by atoms with E-state index in [4.69, 9.17) is 0 Å². The number of hydrogen-bond donors (Lipinski definition) is 1. The second-order valence-electron chi connectivity index (χ2n) is 6.95. The molecule has 0 heterocycles. The number of carbonyl (C=O) groups is 1. The highest BCUT2D eigenvalue weighted by atomic mass is 32.2. The first-order valence-electron chi connectivity index (χ1n) is 8.58. The average molecular weight is 391 g/mol. The van der Waals surface area contributed by atoms with Crippen LogP contribution in [0.3, 0.4) is 0 Å². The monoisotopic (exact) mass is 391 g/mol. The van der Waals surface area contributed by atoms with Crippen LogP contribution in [0.4, 0.5) is 5.69 Å². The van der Waals surface area contributed by atoms with Crippen LogP contribution < -0.4 is 4.31 Å². The third kappa shape index (κ3) is 4.60. The number of anilines is 1. The smallest absolute Gasteiger partial charge is 0.341 e. The van der Waals surface area contributed by atoms with Gasteiger partial charge in [-0.2, -0.15) is 0 Å². The van der Waals surface area contributed by atoms with Gasteiger partial charge < -0.3 is 9.84 Å². The van der Waals surface area contributed by atoms with Gasteiger partial charge in [0.05, 0.1) is 17.7 Å². The number of benzene rings is 2. The minimum absolute atomic E-state index is 0.0813. The standard InChI is InChI=1S/C20H25NO5S/c1-13(2)12-21(16-9-14(3)8-15(4)10-16)27(24,25)17-6-7-19(22)18(11-17)20(23)26-5/h6-11,13,22H,12H2,1-5H3. The van der Waals surface area contributed by atoms with Gasteiger partial charge in [-0.25, -0.2) is 13.2 Å². The van der Waals surface area contributed by atoms with E-state index in [9.17, 15) is 18.3 Å². The number of hydrogen-bond acceptors (Lipinski definition) is 5. The van der Waals surface area contributed by atoms with Crippen molar-refractivity contribution in [3.8, 4) is 5.75 Å². The Hall–Kier alpha value is -2.54. The SMILES string of the molecule is COC(=O)c1cc(S(=O)(=O)N(CC(C)C)c2cc(C)cc(C)c2)ccc1O. The van der Waals surface area contributed by atoms with Gasteiger partial charge in [0, 0.05) is 6.54 Å². The Balaban J connectivity index is 2.62. The van der Waals surface area contributed by atoms with Crippen molar-refractivity contribution in [3.05, 3.63) is 53.1 Å². The zero-order chi connectivity index (χ0) is 20.4. The summed E-state index contributed by atoms with van der Waals surface area (Å²) in [6, 6.07) is 9.22. The topological polar surface area (TPSA) is 83.9 Å². The largest absolute Gasteiger partial charge is 0.507 e. The molecule has 0 spiro atoms. The third-order valence-electron chi connectivity index (χ3n) is 3.99.